The number of carboxylic acid groups (broad SMARTS) is 1. The van der Waals surface area contributed by atoms with E-state index in [0.29, 0.717) is 17.5 Å². The fraction of sp³-hybridized carbons (Fsp3) is 0.167. The number of rotatable bonds is 5. The second-order valence-electron chi connectivity index (χ2n) is 3.95. The number of carbonyl (C=O) groups is 4. The first-order valence-electron chi connectivity index (χ1n) is 5.74. The molecule has 0 spiro atoms. The number of hydrogen-bond acceptors (Lipinski definition) is 6. The van der Waals surface area contributed by atoms with Crippen molar-refractivity contribution in [1.29, 1.82) is 0 Å². The quantitative estimate of drug-likeness (QED) is 0.761. The fourth-order valence-corrected chi connectivity index (χ4v) is 2.33. The monoisotopic (exact) mass is 310 g/mol. The predicted octanol–water partition coefficient (Wildman–Crippen LogP) is 0.517. The Balaban J connectivity index is 2.02. The van der Waals surface area contributed by atoms with Gasteiger partial charge in [0.05, 0.1) is 11.2 Å². The van der Waals surface area contributed by atoms with Gasteiger partial charge >= 0.3 is 5.97 Å². The lowest BCUT2D eigenvalue weighted by Crippen LogP contribution is -2.41. The van der Waals surface area contributed by atoms with E-state index in [1.54, 1.807) is 12.1 Å². The molecule has 2 rings (SSSR count). The molecule has 110 valence electrons. The van der Waals surface area contributed by atoms with Crippen molar-refractivity contribution in [3.05, 3.63) is 29.1 Å². The van der Waals surface area contributed by atoms with E-state index in [4.69, 9.17) is 9.52 Å². The van der Waals surface area contributed by atoms with Crippen LogP contribution >= 0.6 is 11.8 Å². The number of carbonyl (C=O) groups excluding carboxylic acids is 3. The molecule has 0 unspecified atom stereocenters. The van der Waals surface area contributed by atoms with Gasteiger partial charge in [0.25, 0.3) is 11.1 Å². The van der Waals surface area contributed by atoms with Crippen molar-refractivity contribution < 1.29 is 28.7 Å². The zero-order valence-electron chi connectivity index (χ0n) is 10.6. The average Bonchev–Trinajstić information content (AvgIpc) is 3.01. The summed E-state index contributed by atoms with van der Waals surface area (Å²) in [5.74, 6) is -2.14. The smallest absolute Gasteiger partial charge is 0.322 e. The van der Waals surface area contributed by atoms with Crippen molar-refractivity contribution in [2.45, 2.75) is 0 Å². The van der Waals surface area contributed by atoms with Crippen molar-refractivity contribution in [3.63, 3.8) is 0 Å². The van der Waals surface area contributed by atoms with Crippen LogP contribution in [0.2, 0.25) is 0 Å². The molecule has 2 heterocycles. The first-order valence-corrected chi connectivity index (χ1v) is 6.56. The molecule has 1 aromatic rings. The van der Waals surface area contributed by atoms with E-state index in [1.165, 1.54) is 12.3 Å². The molecule has 21 heavy (non-hydrogen) atoms. The summed E-state index contributed by atoms with van der Waals surface area (Å²) >= 11 is 0.689. The second kappa shape index (κ2) is 6.27. The van der Waals surface area contributed by atoms with Crippen LogP contribution in [0.3, 0.4) is 0 Å². The molecule has 1 aliphatic rings. The van der Waals surface area contributed by atoms with E-state index in [2.05, 4.69) is 5.32 Å². The minimum Gasteiger partial charge on any atom is -0.480 e. The highest BCUT2D eigenvalue weighted by molar-refractivity contribution is 8.18. The molecule has 1 aromatic heterocycles. The molecular weight excluding hydrogens is 300 g/mol. The third kappa shape index (κ3) is 3.72. The molecule has 0 aromatic carbocycles. The van der Waals surface area contributed by atoms with Crippen molar-refractivity contribution in [1.82, 2.24) is 10.2 Å². The van der Waals surface area contributed by atoms with Gasteiger partial charge in [-0.3, -0.25) is 24.1 Å². The van der Waals surface area contributed by atoms with Crippen molar-refractivity contribution >= 4 is 40.9 Å². The minimum atomic E-state index is -1.21. The summed E-state index contributed by atoms with van der Waals surface area (Å²) in [6.45, 7) is -1.09. The van der Waals surface area contributed by atoms with Crippen LogP contribution in [0, 0.1) is 0 Å². The highest BCUT2D eigenvalue weighted by Gasteiger charge is 2.36. The van der Waals surface area contributed by atoms with E-state index >= 15 is 0 Å². The van der Waals surface area contributed by atoms with Crippen LogP contribution in [0.25, 0.3) is 6.08 Å². The predicted molar refractivity (Wildman–Crippen MR) is 72.0 cm³/mol. The Bertz CT molecular complexity index is 622. The van der Waals surface area contributed by atoms with Crippen LogP contribution < -0.4 is 5.32 Å². The van der Waals surface area contributed by atoms with Crippen LogP contribution in [0.15, 0.2) is 27.7 Å². The van der Waals surface area contributed by atoms with Gasteiger partial charge < -0.3 is 14.8 Å². The van der Waals surface area contributed by atoms with E-state index in [0.717, 1.165) is 4.90 Å². The SMILES string of the molecule is O=C(O)CNC(=O)CN1C(=O)S/C(=C\c2ccco2)C1=O. The first-order chi connectivity index (χ1) is 9.97. The number of carboxylic acids is 1. The normalized spacial score (nSPS) is 16.6. The second-order valence-corrected chi connectivity index (χ2v) is 4.95. The molecule has 1 fully saturated rings. The van der Waals surface area contributed by atoms with E-state index < -0.39 is 36.1 Å². The maximum atomic E-state index is 12.0. The van der Waals surface area contributed by atoms with Crippen LogP contribution in [0.1, 0.15) is 5.76 Å². The summed E-state index contributed by atoms with van der Waals surface area (Å²) in [6, 6.07) is 3.25. The Morgan fingerprint density at radius 1 is 1.43 bits per heavy atom. The molecule has 1 aliphatic heterocycles. The number of amides is 3. The van der Waals surface area contributed by atoms with Gasteiger partial charge in [-0.1, -0.05) is 0 Å². The van der Waals surface area contributed by atoms with Gasteiger partial charge in [-0.25, -0.2) is 0 Å². The van der Waals surface area contributed by atoms with Gasteiger partial charge in [0.15, 0.2) is 0 Å². The van der Waals surface area contributed by atoms with Gasteiger partial charge in [-0.05, 0) is 23.9 Å². The summed E-state index contributed by atoms with van der Waals surface area (Å²) < 4.78 is 5.04. The highest BCUT2D eigenvalue weighted by Crippen LogP contribution is 2.31. The Labute approximate surface area is 122 Å². The Morgan fingerprint density at radius 2 is 2.19 bits per heavy atom. The van der Waals surface area contributed by atoms with E-state index in [9.17, 15) is 19.2 Å². The Hall–Kier alpha value is -2.55. The number of hydrogen-bond donors (Lipinski definition) is 2. The van der Waals surface area contributed by atoms with Gasteiger partial charge in [0, 0.05) is 6.08 Å². The van der Waals surface area contributed by atoms with Crippen molar-refractivity contribution in [2.75, 3.05) is 13.1 Å². The molecule has 3 amide bonds. The lowest BCUT2D eigenvalue weighted by molar-refractivity contribution is -0.138. The molecular formula is C12H10N2O6S. The van der Waals surface area contributed by atoms with E-state index in [-0.39, 0.29) is 4.91 Å². The summed E-state index contributed by atoms with van der Waals surface area (Å²) in [5.41, 5.74) is 0. The lowest BCUT2D eigenvalue weighted by Gasteiger charge is -2.11. The lowest BCUT2D eigenvalue weighted by atomic mass is 10.3. The van der Waals surface area contributed by atoms with Crippen molar-refractivity contribution in [2.24, 2.45) is 0 Å². The molecule has 0 atom stereocenters. The maximum absolute atomic E-state index is 12.0. The van der Waals surface area contributed by atoms with Gasteiger partial charge in [-0.2, -0.15) is 0 Å². The number of nitrogens with zero attached hydrogens (tertiary/aromatic N) is 1. The summed E-state index contributed by atoms with van der Waals surface area (Å²) in [5, 5.41) is 9.91. The number of aliphatic carboxylic acids is 1. The fourth-order valence-electron chi connectivity index (χ4n) is 1.51. The molecule has 0 bridgehead atoms. The Morgan fingerprint density at radius 3 is 2.81 bits per heavy atom. The zero-order chi connectivity index (χ0) is 15.4. The molecule has 0 aliphatic carbocycles. The molecule has 9 heteroatoms. The summed E-state index contributed by atoms with van der Waals surface area (Å²) in [7, 11) is 0. The number of nitrogens with one attached hydrogen (secondary N) is 1. The molecule has 0 saturated carbocycles. The largest absolute Gasteiger partial charge is 0.480 e. The number of imide groups is 1. The third-order valence-electron chi connectivity index (χ3n) is 2.43. The molecule has 8 nitrogen and oxygen atoms in total. The van der Waals surface area contributed by atoms with Crippen LogP contribution in [-0.2, 0) is 14.4 Å². The van der Waals surface area contributed by atoms with Crippen LogP contribution in [-0.4, -0.2) is 46.1 Å². The minimum absolute atomic E-state index is 0.140. The maximum Gasteiger partial charge on any atom is 0.322 e. The topological polar surface area (TPSA) is 117 Å². The van der Waals surface area contributed by atoms with Crippen LogP contribution in [0.5, 0.6) is 0 Å². The molecule has 0 radical (unpaired) electrons. The highest BCUT2D eigenvalue weighted by atomic mass is 32.2. The average molecular weight is 310 g/mol. The Kier molecular flexibility index (Phi) is 4.43. The third-order valence-corrected chi connectivity index (χ3v) is 3.34. The summed E-state index contributed by atoms with van der Waals surface area (Å²) in [6.07, 6.45) is 2.83. The zero-order valence-corrected chi connectivity index (χ0v) is 11.4. The number of furan rings is 1. The molecule has 2 N–H and O–H groups in total. The van der Waals surface area contributed by atoms with Gasteiger partial charge in [0.2, 0.25) is 5.91 Å². The number of thioether (sulfide) groups is 1. The van der Waals surface area contributed by atoms with Crippen LogP contribution in [0.4, 0.5) is 4.79 Å². The standard InChI is InChI=1S/C12H10N2O6S/c15-9(13-5-10(16)17)6-14-11(18)8(21-12(14)19)4-7-2-1-3-20-7/h1-4H,5-6H2,(H,13,15)(H,16,17)/b8-4-. The van der Waals surface area contributed by atoms with Crippen molar-refractivity contribution in [3.8, 4) is 0 Å². The van der Waals surface area contributed by atoms with Gasteiger partial charge in [0.1, 0.15) is 18.8 Å². The van der Waals surface area contributed by atoms with E-state index in [1.807, 2.05) is 0 Å². The van der Waals surface area contributed by atoms with Gasteiger partial charge in [-0.15, -0.1) is 0 Å². The first kappa shape index (κ1) is 14.9. The molecule has 1 saturated heterocycles. The summed E-state index contributed by atoms with van der Waals surface area (Å²) in [4.78, 5) is 46.3.